The number of aryl methyl sites for hydroxylation is 1. The topological polar surface area (TPSA) is 63.0 Å². The van der Waals surface area contributed by atoms with Gasteiger partial charge in [-0.15, -0.1) is 0 Å². The van der Waals surface area contributed by atoms with Crippen molar-refractivity contribution in [3.8, 4) is 0 Å². The van der Waals surface area contributed by atoms with Crippen LogP contribution in [0.2, 0.25) is 0 Å². The summed E-state index contributed by atoms with van der Waals surface area (Å²) in [5.41, 5.74) is 1.76. The van der Waals surface area contributed by atoms with E-state index in [0.717, 1.165) is 23.3 Å². The minimum Gasteiger partial charge on any atom is -0.396 e. The number of hydrogen-bond donors (Lipinski definition) is 2. The van der Waals surface area contributed by atoms with E-state index >= 15 is 0 Å². The molecular formula is C13H20N4O. The van der Waals surface area contributed by atoms with E-state index in [0.29, 0.717) is 6.42 Å². The van der Waals surface area contributed by atoms with Crippen LogP contribution in [0, 0.1) is 0 Å². The molecule has 0 fully saturated rings. The van der Waals surface area contributed by atoms with Crippen LogP contribution in [0.25, 0.3) is 11.0 Å². The van der Waals surface area contributed by atoms with Gasteiger partial charge in [0.2, 0.25) is 0 Å². The Morgan fingerprint density at radius 1 is 1.44 bits per heavy atom. The number of fused-ring (bicyclic) bond motifs is 1. The van der Waals surface area contributed by atoms with Crippen LogP contribution in [0.3, 0.4) is 0 Å². The Balaban J connectivity index is 2.36. The molecule has 18 heavy (non-hydrogen) atoms. The van der Waals surface area contributed by atoms with E-state index in [1.54, 1.807) is 12.5 Å². The van der Waals surface area contributed by atoms with Gasteiger partial charge in [0.15, 0.2) is 5.82 Å². The predicted molar refractivity (Wildman–Crippen MR) is 72.5 cm³/mol. The molecule has 0 saturated heterocycles. The van der Waals surface area contributed by atoms with Gasteiger partial charge in [0.1, 0.15) is 5.52 Å². The average molecular weight is 248 g/mol. The van der Waals surface area contributed by atoms with Crippen molar-refractivity contribution in [2.24, 2.45) is 7.05 Å². The van der Waals surface area contributed by atoms with Gasteiger partial charge in [-0.25, -0.2) is 9.97 Å². The van der Waals surface area contributed by atoms with Gasteiger partial charge in [-0.3, -0.25) is 0 Å². The number of imidazole rings is 1. The smallest absolute Gasteiger partial charge is 0.154 e. The lowest BCUT2D eigenvalue weighted by molar-refractivity contribution is 0.252. The summed E-state index contributed by atoms with van der Waals surface area (Å²) < 4.78 is 1.97. The first-order chi connectivity index (χ1) is 8.59. The van der Waals surface area contributed by atoms with E-state index in [1.165, 1.54) is 0 Å². The summed E-state index contributed by atoms with van der Waals surface area (Å²) in [6.45, 7) is 4.35. The molecule has 1 unspecified atom stereocenters. The molecule has 5 heteroatoms. The van der Waals surface area contributed by atoms with Crippen molar-refractivity contribution in [2.75, 3.05) is 11.9 Å². The Morgan fingerprint density at radius 2 is 2.22 bits per heavy atom. The van der Waals surface area contributed by atoms with E-state index < -0.39 is 0 Å². The Bertz CT molecular complexity index is 537. The predicted octanol–water partition coefficient (Wildman–Crippen LogP) is 1.93. The highest BCUT2D eigenvalue weighted by atomic mass is 16.3. The van der Waals surface area contributed by atoms with Crippen molar-refractivity contribution in [1.82, 2.24) is 14.5 Å². The highest BCUT2D eigenvalue weighted by Gasteiger charge is 2.23. The molecule has 0 radical (unpaired) electrons. The fourth-order valence-electron chi connectivity index (χ4n) is 2.01. The molecule has 0 aromatic carbocycles. The molecule has 0 saturated carbocycles. The third-order valence-corrected chi connectivity index (χ3v) is 3.51. The molecule has 5 nitrogen and oxygen atoms in total. The van der Waals surface area contributed by atoms with E-state index in [2.05, 4.69) is 29.1 Å². The normalized spacial score (nSPS) is 14.7. The fraction of sp³-hybridized carbons (Fsp3) is 0.538. The van der Waals surface area contributed by atoms with E-state index in [-0.39, 0.29) is 12.1 Å². The van der Waals surface area contributed by atoms with Crippen molar-refractivity contribution in [2.45, 2.75) is 32.2 Å². The zero-order valence-corrected chi connectivity index (χ0v) is 11.1. The summed E-state index contributed by atoms with van der Waals surface area (Å²) in [6.07, 6.45) is 5.17. The molecule has 2 aromatic heterocycles. The number of rotatable bonds is 5. The van der Waals surface area contributed by atoms with Crippen LogP contribution >= 0.6 is 0 Å². The lowest BCUT2D eigenvalue weighted by atomic mass is 9.95. The second-order valence-corrected chi connectivity index (χ2v) is 4.90. The minimum absolute atomic E-state index is 0.159. The van der Waals surface area contributed by atoms with Gasteiger partial charge in [0, 0.05) is 25.4 Å². The third-order valence-electron chi connectivity index (χ3n) is 3.51. The summed E-state index contributed by atoms with van der Waals surface area (Å²) >= 11 is 0. The minimum atomic E-state index is -0.159. The van der Waals surface area contributed by atoms with Gasteiger partial charge in [-0.05, 0) is 25.8 Å². The van der Waals surface area contributed by atoms with Gasteiger partial charge in [-0.2, -0.15) is 0 Å². The lowest BCUT2D eigenvalue weighted by Gasteiger charge is -2.29. The van der Waals surface area contributed by atoms with Crippen LogP contribution in [0.4, 0.5) is 5.82 Å². The van der Waals surface area contributed by atoms with Crippen molar-refractivity contribution in [3.05, 3.63) is 18.6 Å². The fourth-order valence-corrected chi connectivity index (χ4v) is 2.01. The number of nitrogens with one attached hydrogen (secondary N) is 1. The number of pyridine rings is 1. The van der Waals surface area contributed by atoms with Crippen molar-refractivity contribution in [1.29, 1.82) is 0 Å². The second kappa shape index (κ2) is 4.94. The van der Waals surface area contributed by atoms with Crippen LogP contribution < -0.4 is 5.32 Å². The van der Waals surface area contributed by atoms with Gasteiger partial charge < -0.3 is 15.0 Å². The number of hydrogen-bond acceptors (Lipinski definition) is 4. The van der Waals surface area contributed by atoms with Gasteiger partial charge >= 0.3 is 0 Å². The first-order valence-corrected chi connectivity index (χ1v) is 6.25. The summed E-state index contributed by atoms with van der Waals surface area (Å²) in [5.74, 6) is 0.783. The van der Waals surface area contributed by atoms with E-state index in [4.69, 9.17) is 5.11 Å². The number of aliphatic hydroxyl groups excluding tert-OH is 1. The molecule has 0 amide bonds. The summed E-state index contributed by atoms with van der Waals surface area (Å²) in [4.78, 5) is 8.74. The molecule has 2 aromatic rings. The second-order valence-electron chi connectivity index (χ2n) is 4.90. The van der Waals surface area contributed by atoms with Crippen LogP contribution in [0.5, 0.6) is 0 Å². The molecular weight excluding hydrogens is 228 g/mol. The third kappa shape index (κ3) is 2.31. The highest BCUT2D eigenvalue weighted by Crippen LogP contribution is 2.25. The molecule has 0 bridgehead atoms. The number of aromatic nitrogens is 3. The highest BCUT2D eigenvalue weighted by molar-refractivity contribution is 5.86. The van der Waals surface area contributed by atoms with Crippen molar-refractivity contribution >= 4 is 16.9 Å². The van der Waals surface area contributed by atoms with Crippen LogP contribution in [0.1, 0.15) is 26.7 Å². The van der Waals surface area contributed by atoms with E-state index in [1.807, 2.05) is 17.7 Å². The molecule has 2 rings (SSSR count). The number of nitrogens with zero attached hydrogens (tertiary/aromatic N) is 3. The maximum Gasteiger partial charge on any atom is 0.154 e. The van der Waals surface area contributed by atoms with Gasteiger partial charge in [0.25, 0.3) is 0 Å². The largest absolute Gasteiger partial charge is 0.396 e. The maximum absolute atomic E-state index is 9.15. The number of anilines is 1. The monoisotopic (exact) mass is 248 g/mol. The molecule has 2 N–H and O–H groups in total. The standard InChI is InChI=1S/C13H20N4O/c1-4-13(2,6-8-18)16-12-11-10(5-7-14-12)17(3)9-15-11/h5,7,9,18H,4,6,8H2,1-3H3,(H,14,16). The summed E-state index contributed by atoms with van der Waals surface area (Å²) in [5, 5.41) is 12.6. The lowest BCUT2D eigenvalue weighted by Crippen LogP contribution is -2.35. The SMILES string of the molecule is CCC(C)(CCO)Nc1nccc2c1ncn2C. The first kappa shape index (κ1) is 12.8. The molecule has 0 aliphatic rings. The molecule has 0 aliphatic carbocycles. The maximum atomic E-state index is 9.15. The quantitative estimate of drug-likeness (QED) is 0.848. The van der Waals surface area contributed by atoms with Crippen LogP contribution in [-0.4, -0.2) is 31.8 Å². The zero-order valence-electron chi connectivity index (χ0n) is 11.1. The zero-order chi connectivity index (χ0) is 13.2. The Kier molecular flexibility index (Phi) is 3.52. The van der Waals surface area contributed by atoms with Crippen molar-refractivity contribution in [3.63, 3.8) is 0 Å². The molecule has 1 atom stereocenters. The van der Waals surface area contributed by atoms with Crippen molar-refractivity contribution < 1.29 is 5.11 Å². The van der Waals surface area contributed by atoms with Crippen LogP contribution in [0.15, 0.2) is 18.6 Å². The Labute approximate surface area is 107 Å². The van der Waals surface area contributed by atoms with Gasteiger partial charge in [0.05, 0.1) is 11.8 Å². The van der Waals surface area contributed by atoms with E-state index in [9.17, 15) is 0 Å². The number of aliphatic hydroxyl groups is 1. The Hall–Kier alpha value is -1.62. The van der Waals surface area contributed by atoms with Crippen LogP contribution in [-0.2, 0) is 7.05 Å². The average Bonchev–Trinajstić information content (AvgIpc) is 2.73. The Morgan fingerprint density at radius 3 is 2.89 bits per heavy atom. The first-order valence-electron chi connectivity index (χ1n) is 6.25. The summed E-state index contributed by atoms with van der Waals surface area (Å²) in [7, 11) is 1.96. The molecule has 98 valence electrons. The van der Waals surface area contributed by atoms with Gasteiger partial charge in [-0.1, -0.05) is 6.92 Å². The molecule has 0 spiro atoms. The molecule has 0 aliphatic heterocycles. The summed E-state index contributed by atoms with van der Waals surface area (Å²) in [6, 6.07) is 1.95. The molecule has 2 heterocycles.